The maximum Gasteiger partial charge on any atom is 0.271 e. The van der Waals surface area contributed by atoms with E-state index in [0.29, 0.717) is 22.3 Å². The Morgan fingerprint density at radius 3 is 2.79 bits per heavy atom. The van der Waals surface area contributed by atoms with Crippen LogP contribution in [0.5, 0.6) is 0 Å². The molecule has 0 aliphatic heterocycles. The van der Waals surface area contributed by atoms with Crippen LogP contribution in [0.2, 0.25) is 5.02 Å². The van der Waals surface area contributed by atoms with E-state index in [1.54, 1.807) is 18.2 Å². The van der Waals surface area contributed by atoms with E-state index in [1.807, 2.05) is 0 Å². The first kappa shape index (κ1) is 12.2. The number of amides is 1. The van der Waals surface area contributed by atoms with Gasteiger partial charge in [0.05, 0.1) is 11.2 Å². The molecule has 1 aliphatic rings. The minimum atomic E-state index is -0.587. The molecule has 1 fully saturated rings. The Balaban J connectivity index is 2.17. The lowest BCUT2D eigenvalue weighted by atomic mass is 9.92. The summed E-state index contributed by atoms with van der Waals surface area (Å²) in [5.74, 6) is -0.587. The quantitative estimate of drug-likeness (QED) is 0.902. The predicted molar refractivity (Wildman–Crippen MR) is 74.3 cm³/mol. The number of carbonyl (C=O) groups excluding carboxylic acids is 1. The second-order valence-electron chi connectivity index (χ2n) is 4.72. The number of hydrogen-bond donors (Lipinski definition) is 2. The summed E-state index contributed by atoms with van der Waals surface area (Å²) in [4.78, 5) is 11.5. The third-order valence-corrected chi connectivity index (χ3v) is 3.64. The normalized spacial score (nSPS) is 15.2. The van der Waals surface area contributed by atoms with E-state index < -0.39 is 5.91 Å². The summed E-state index contributed by atoms with van der Waals surface area (Å²) in [6.45, 7) is 0. The molecule has 0 saturated heterocycles. The second-order valence-corrected chi connectivity index (χ2v) is 5.16. The summed E-state index contributed by atoms with van der Waals surface area (Å²) in [7, 11) is 0. The molecule has 0 unspecified atom stereocenters. The molecular formula is C13H13ClN4O. The van der Waals surface area contributed by atoms with E-state index in [9.17, 15) is 4.79 Å². The summed E-state index contributed by atoms with van der Waals surface area (Å²) in [6, 6.07) is 5.67. The highest BCUT2D eigenvalue weighted by atomic mass is 35.5. The van der Waals surface area contributed by atoms with Crippen molar-refractivity contribution in [2.24, 2.45) is 5.73 Å². The minimum absolute atomic E-state index is 0.168. The number of nitrogens with one attached hydrogen (secondary N) is 1. The molecule has 0 atom stereocenters. The summed E-state index contributed by atoms with van der Waals surface area (Å²) in [6.07, 6.45) is 3.37. The smallest absolute Gasteiger partial charge is 0.271 e. The van der Waals surface area contributed by atoms with Gasteiger partial charge in [-0.15, -0.1) is 10.2 Å². The molecule has 98 valence electrons. The Bertz CT molecular complexity index is 654. The number of nitrogens with zero attached hydrogens (tertiary/aromatic N) is 2. The summed E-state index contributed by atoms with van der Waals surface area (Å²) in [5.41, 5.74) is 6.87. The highest BCUT2D eigenvalue weighted by Gasteiger charge is 2.22. The van der Waals surface area contributed by atoms with Crippen LogP contribution in [-0.2, 0) is 0 Å². The van der Waals surface area contributed by atoms with E-state index in [2.05, 4.69) is 15.5 Å². The highest BCUT2D eigenvalue weighted by Crippen LogP contribution is 2.31. The average molecular weight is 277 g/mol. The molecule has 2 aromatic rings. The molecule has 1 aliphatic carbocycles. The van der Waals surface area contributed by atoms with Gasteiger partial charge in [-0.05, 0) is 37.5 Å². The van der Waals surface area contributed by atoms with Crippen molar-refractivity contribution in [2.45, 2.75) is 25.3 Å². The van der Waals surface area contributed by atoms with E-state index in [-0.39, 0.29) is 5.69 Å². The second kappa shape index (κ2) is 4.66. The Kier molecular flexibility index (Phi) is 2.98. The average Bonchev–Trinajstić information content (AvgIpc) is 2.33. The van der Waals surface area contributed by atoms with Crippen LogP contribution in [0.25, 0.3) is 10.9 Å². The van der Waals surface area contributed by atoms with Gasteiger partial charge in [-0.25, -0.2) is 0 Å². The van der Waals surface area contributed by atoms with Gasteiger partial charge in [-0.1, -0.05) is 11.6 Å². The van der Waals surface area contributed by atoms with E-state index >= 15 is 0 Å². The van der Waals surface area contributed by atoms with Crippen molar-refractivity contribution in [3.63, 3.8) is 0 Å². The first-order valence-electron chi connectivity index (χ1n) is 6.17. The Morgan fingerprint density at radius 2 is 2.16 bits per heavy atom. The Labute approximate surface area is 115 Å². The zero-order valence-electron chi connectivity index (χ0n) is 10.2. The molecule has 3 N–H and O–H groups in total. The molecule has 3 rings (SSSR count). The molecule has 19 heavy (non-hydrogen) atoms. The van der Waals surface area contributed by atoms with Crippen LogP contribution < -0.4 is 11.1 Å². The summed E-state index contributed by atoms with van der Waals surface area (Å²) < 4.78 is 0. The maximum atomic E-state index is 11.5. The number of anilines is 1. The molecule has 6 heteroatoms. The van der Waals surface area contributed by atoms with Gasteiger partial charge in [0.1, 0.15) is 0 Å². The van der Waals surface area contributed by atoms with Crippen molar-refractivity contribution in [3.05, 3.63) is 28.9 Å². The summed E-state index contributed by atoms with van der Waals surface area (Å²) >= 11 is 6.01. The van der Waals surface area contributed by atoms with E-state index in [4.69, 9.17) is 17.3 Å². The topological polar surface area (TPSA) is 80.9 Å². The fourth-order valence-electron chi connectivity index (χ4n) is 2.15. The molecule has 0 spiro atoms. The molecular weight excluding hydrogens is 264 g/mol. The van der Waals surface area contributed by atoms with Gasteiger partial charge in [0.25, 0.3) is 5.91 Å². The predicted octanol–water partition coefficient (Wildman–Crippen LogP) is 2.35. The monoisotopic (exact) mass is 276 g/mol. The van der Waals surface area contributed by atoms with Crippen LogP contribution in [0.4, 0.5) is 5.69 Å². The van der Waals surface area contributed by atoms with Crippen LogP contribution in [0.1, 0.15) is 29.8 Å². The SMILES string of the molecule is NC(=O)c1nnc2ccc(Cl)cc2c1NC1CCC1. The van der Waals surface area contributed by atoms with Gasteiger partial charge < -0.3 is 11.1 Å². The lowest BCUT2D eigenvalue weighted by molar-refractivity contribution is 0.0995. The summed E-state index contributed by atoms with van der Waals surface area (Å²) in [5, 5.41) is 12.6. The molecule has 1 heterocycles. The van der Waals surface area contributed by atoms with Gasteiger partial charge in [0.15, 0.2) is 5.69 Å². The van der Waals surface area contributed by atoms with Crippen LogP contribution in [0, 0.1) is 0 Å². The third kappa shape index (κ3) is 2.21. The van der Waals surface area contributed by atoms with Crippen LogP contribution in [0.3, 0.4) is 0 Å². The van der Waals surface area contributed by atoms with Gasteiger partial charge >= 0.3 is 0 Å². The fourth-order valence-corrected chi connectivity index (χ4v) is 2.32. The maximum absolute atomic E-state index is 11.5. The minimum Gasteiger partial charge on any atom is -0.380 e. The first-order valence-corrected chi connectivity index (χ1v) is 6.55. The molecule has 1 aromatic carbocycles. The number of benzene rings is 1. The number of halogens is 1. The largest absolute Gasteiger partial charge is 0.380 e. The number of aromatic nitrogens is 2. The highest BCUT2D eigenvalue weighted by molar-refractivity contribution is 6.31. The Hall–Kier alpha value is -1.88. The standard InChI is InChI=1S/C13H13ClN4O/c14-7-4-5-10-9(6-7)11(16-8-2-1-3-8)12(13(15)19)18-17-10/h4-6,8H,1-3H2,(H2,15,19)(H,16,17). The van der Waals surface area contributed by atoms with Gasteiger partial charge in [0.2, 0.25) is 0 Å². The van der Waals surface area contributed by atoms with Gasteiger partial charge in [0, 0.05) is 16.5 Å². The van der Waals surface area contributed by atoms with Crippen molar-refractivity contribution in [1.29, 1.82) is 0 Å². The van der Waals surface area contributed by atoms with E-state index in [0.717, 1.165) is 18.2 Å². The van der Waals surface area contributed by atoms with Crippen LogP contribution in [-0.4, -0.2) is 22.1 Å². The molecule has 1 aromatic heterocycles. The number of fused-ring (bicyclic) bond motifs is 1. The number of nitrogens with two attached hydrogens (primary N) is 1. The van der Waals surface area contributed by atoms with Crippen molar-refractivity contribution >= 4 is 34.1 Å². The Morgan fingerprint density at radius 1 is 1.37 bits per heavy atom. The van der Waals surface area contributed by atoms with E-state index in [1.165, 1.54) is 6.42 Å². The molecule has 1 amide bonds. The van der Waals surface area contributed by atoms with Gasteiger partial charge in [-0.3, -0.25) is 4.79 Å². The lowest BCUT2D eigenvalue weighted by Crippen LogP contribution is -2.29. The molecule has 1 saturated carbocycles. The zero-order valence-corrected chi connectivity index (χ0v) is 10.9. The van der Waals surface area contributed by atoms with Gasteiger partial charge in [-0.2, -0.15) is 0 Å². The van der Waals surface area contributed by atoms with Crippen molar-refractivity contribution in [1.82, 2.24) is 10.2 Å². The lowest BCUT2D eigenvalue weighted by Gasteiger charge is -2.28. The number of rotatable bonds is 3. The van der Waals surface area contributed by atoms with Crippen molar-refractivity contribution in [2.75, 3.05) is 5.32 Å². The zero-order chi connectivity index (χ0) is 13.4. The first-order chi connectivity index (χ1) is 9.15. The number of primary amides is 1. The van der Waals surface area contributed by atoms with Crippen molar-refractivity contribution < 1.29 is 4.79 Å². The third-order valence-electron chi connectivity index (χ3n) is 3.41. The molecule has 0 bridgehead atoms. The number of hydrogen-bond acceptors (Lipinski definition) is 4. The van der Waals surface area contributed by atoms with Crippen LogP contribution >= 0.6 is 11.6 Å². The molecule has 0 radical (unpaired) electrons. The van der Waals surface area contributed by atoms with Crippen molar-refractivity contribution in [3.8, 4) is 0 Å². The fraction of sp³-hybridized carbons (Fsp3) is 0.308. The molecule has 5 nitrogen and oxygen atoms in total. The van der Waals surface area contributed by atoms with Crippen LogP contribution in [0.15, 0.2) is 18.2 Å². The number of carbonyl (C=O) groups is 1.